The van der Waals surface area contributed by atoms with E-state index in [-0.39, 0.29) is 0 Å². The average molecular weight is 528 g/mol. The molecule has 0 radical (unpaired) electrons. The van der Waals surface area contributed by atoms with Crippen LogP contribution in [0.1, 0.15) is 12.0 Å². The van der Waals surface area contributed by atoms with Gasteiger partial charge in [-0.2, -0.15) is 26.3 Å². The van der Waals surface area contributed by atoms with Crippen LogP contribution in [-0.4, -0.2) is 82.1 Å². The van der Waals surface area contributed by atoms with Crippen molar-refractivity contribution >= 4 is 17.9 Å². The number of likely N-dealkylation sites (N-methyl/N-ethyl adjacent to an activating group) is 1. The third kappa shape index (κ3) is 10.0. The van der Waals surface area contributed by atoms with Gasteiger partial charge in [0.1, 0.15) is 0 Å². The Kier molecular flexibility index (Phi) is 11.0. The van der Waals surface area contributed by atoms with Gasteiger partial charge < -0.3 is 20.0 Å². The van der Waals surface area contributed by atoms with Crippen molar-refractivity contribution in [3.05, 3.63) is 54.1 Å². The maximum absolute atomic E-state index is 13.1. The topological polar surface area (TPSA) is 107 Å². The highest BCUT2D eigenvalue weighted by atomic mass is 19.4. The summed E-state index contributed by atoms with van der Waals surface area (Å²) >= 11 is 0. The van der Waals surface area contributed by atoms with Crippen molar-refractivity contribution in [1.29, 1.82) is 0 Å². The number of nitrogens with zero attached hydrogens (tertiary/aromatic N) is 4. The molecule has 0 amide bonds. The molecule has 1 aromatic heterocycles. The van der Waals surface area contributed by atoms with E-state index in [9.17, 15) is 30.7 Å². The number of halogens is 7. The van der Waals surface area contributed by atoms with Crippen molar-refractivity contribution in [2.24, 2.45) is 0 Å². The van der Waals surface area contributed by atoms with E-state index in [1.54, 1.807) is 0 Å². The number of rotatable bonds is 4. The number of aromatic nitrogens is 2. The number of carboxylic acid groups (broad SMARTS) is 2. The Bertz CT molecular complexity index is 947. The number of anilines is 1. The summed E-state index contributed by atoms with van der Waals surface area (Å²) in [5, 5.41) is 14.2. The van der Waals surface area contributed by atoms with Gasteiger partial charge in [-0.05, 0) is 32.5 Å². The van der Waals surface area contributed by atoms with E-state index in [1.165, 1.54) is 18.0 Å². The zero-order valence-corrected chi connectivity index (χ0v) is 19.0. The minimum atomic E-state index is -5.08. The third-order valence-corrected chi connectivity index (χ3v) is 4.81. The molecule has 0 spiro atoms. The van der Waals surface area contributed by atoms with E-state index < -0.39 is 30.1 Å². The fraction of sp³-hybridized carbons (Fsp3) is 0.429. The number of aliphatic carboxylic acids is 2. The third-order valence-electron chi connectivity index (χ3n) is 4.81. The summed E-state index contributed by atoms with van der Waals surface area (Å²) in [5.41, 5.74) is 1.30. The van der Waals surface area contributed by atoms with Gasteiger partial charge in [-0.1, -0.05) is 30.3 Å². The van der Waals surface area contributed by atoms with E-state index in [0.29, 0.717) is 18.0 Å². The molecule has 1 saturated heterocycles. The SMILES string of the molecule is CN(C)[C@@H]1CCN(c2ncc(F)cn2)[C@H]1Cc1ccccc1.O=C(O)C(F)(F)F.O=C(O)C(F)(F)F. The predicted octanol–water partition coefficient (Wildman–Crippen LogP) is 3.63. The van der Waals surface area contributed by atoms with E-state index in [0.717, 1.165) is 19.4 Å². The lowest BCUT2D eigenvalue weighted by atomic mass is 9.99. The molecule has 2 atom stereocenters. The molecule has 0 bridgehead atoms. The van der Waals surface area contributed by atoms with Gasteiger partial charge in [0.05, 0.1) is 18.4 Å². The standard InChI is InChI=1S/C17H21FN4.2C2HF3O2/c1-21(2)15-8-9-22(17-19-11-14(18)12-20-17)16(15)10-13-6-4-3-5-7-13;2*3-2(4,5)1(6)7/h3-7,11-12,15-16H,8-10H2,1-2H3;2*(H,6,7)/t15-,16+;;/m1../s1. The number of carbonyl (C=O) groups is 2. The summed E-state index contributed by atoms with van der Waals surface area (Å²) in [6.07, 6.45) is -5.69. The molecule has 2 aromatic rings. The quantitative estimate of drug-likeness (QED) is 0.580. The van der Waals surface area contributed by atoms with Crippen molar-refractivity contribution in [3.8, 4) is 0 Å². The van der Waals surface area contributed by atoms with Gasteiger partial charge in [0.15, 0.2) is 5.82 Å². The molecule has 1 aliphatic rings. The maximum atomic E-state index is 13.1. The van der Waals surface area contributed by atoms with Crippen LogP contribution in [0.2, 0.25) is 0 Å². The first-order chi connectivity index (χ1) is 16.5. The predicted molar refractivity (Wildman–Crippen MR) is 113 cm³/mol. The molecule has 0 aliphatic carbocycles. The summed E-state index contributed by atoms with van der Waals surface area (Å²) in [4.78, 5) is 30.6. The van der Waals surface area contributed by atoms with Gasteiger partial charge in [0.2, 0.25) is 5.95 Å². The number of benzene rings is 1. The molecular formula is C21H23F7N4O4. The van der Waals surface area contributed by atoms with Crippen LogP contribution in [0.3, 0.4) is 0 Å². The summed E-state index contributed by atoms with van der Waals surface area (Å²) in [5.74, 6) is -5.29. The van der Waals surface area contributed by atoms with Crippen LogP contribution >= 0.6 is 0 Å². The second kappa shape index (κ2) is 13.0. The first kappa shape index (κ1) is 30.5. The van der Waals surface area contributed by atoms with Crippen molar-refractivity contribution in [1.82, 2.24) is 14.9 Å². The van der Waals surface area contributed by atoms with Gasteiger partial charge in [0, 0.05) is 12.6 Å². The Morgan fingerprint density at radius 1 is 0.972 bits per heavy atom. The van der Waals surface area contributed by atoms with Crippen LogP contribution in [0.25, 0.3) is 0 Å². The normalized spacial score (nSPS) is 17.6. The molecular weight excluding hydrogens is 505 g/mol. The van der Waals surface area contributed by atoms with E-state index >= 15 is 0 Å². The Morgan fingerprint density at radius 3 is 1.81 bits per heavy atom. The van der Waals surface area contributed by atoms with Crippen LogP contribution in [0.15, 0.2) is 42.7 Å². The average Bonchev–Trinajstić information content (AvgIpc) is 3.18. The summed E-state index contributed by atoms with van der Waals surface area (Å²) in [6.45, 7) is 0.895. The lowest BCUT2D eigenvalue weighted by Gasteiger charge is -2.31. The van der Waals surface area contributed by atoms with Crippen LogP contribution in [-0.2, 0) is 16.0 Å². The molecule has 2 N–H and O–H groups in total. The molecule has 2 heterocycles. The highest BCUT2D eigenvalue weighted by Crippen LogP contribution is 2.28. The zero-order valence-electron chi connectivity index (χ0n) is 19.0. The summed E-state index contributed by atoms with van der Waals surface area (Å²) in [7, 11) is 4.22. The molecule has 15 heteroatoms. The molecule has 1 aromatic carbocycles. The second-order valence-corrected chi connectivity index (χ2v) is 7.58. The highest BCUT2D eigenvalue weighted by molar-refractivity contribution is 5.73. The van der Waals surface area contributed by atoms with Gasteiger partial charge in [-0.3, -0.25) is 0 Å². The second-order valence-electron chi connectivity index (χ2n) is 7.58. The molecule has 36 heavy (non-hydrogen) atoms. The minimum Gasteiger partial charge on any atom is -0.475 e. The first-order valence-electron chi connectivity index (χ1n) is 10.1. The Hall–Kier alpha value is -3.49. The Labute approximate surface area is 201 Å². The van der Waals surface area contributed by atoms with Gasteiger partial charge >= 0.3 is 24.3 Å². The highest BCUT2D eigenvalue weighted by Gasteiger charge is 2.39. The zero-order chi connectivity index (χ0) is 27.7. The molecule has 1 fully saturated rings. The van der Waals surface area contributed by atoms with Crippen LogP contribution in [0, 0.1) is 5.82 Å². The largest absolute Gasteiger partial charge is 0.490 e. The monoisotopic (exact) mass is 528 g/mol. The fourth-order valence-electron chi connectivity index (χ4n) is 3.24. The fourth-order valence-corrected chi connectivity index (χ4v) is 3.24. The van der Waals surface area contributed by atoms with Crippen molar-refractivity contribution < 1.29 is 50.5 Å². The van der Waals surface area contributed by atoms with Crippen molar-refractivity contribution in [3.63, 3.8) is 0 Å². The van der Waals surface area contributed by atoms with Gasteiger partial charge in [0.25, 0.3) is 0 Å². The van der Waals surface area contributed by atoms with Gasteiger partial charge in [-0.25, -0.2) is 23.9 Å². The molecule has 200 valence electrons. The molecule has 3 rings (SSSR count). The smallest absolute Gasteiger partial charge is 0.475 e. The maximum Gasteiger partial charge on any atom is 0.490 e. The number of carboxylic acids is 2. The Balaban J connectivity index is 0.000000383. The van der Waals surface area contributed by atoms with E-state index in [2.05, 4.69) is 58.1 Å². The van der Waals surface area contributed by atoms with E-state index in [1.807, 2.05) is 6.07 Å². The Morgan fingerprint density at radius 2 is 1.42 bits per heavy atom. The van der Waals surface area contributed by atoms with Crippen LogP contribution in [0.5, 0.6) is 0 Å². The lowest BCUT2D eigenvalue weighted by Crippen LogP contribution is -2.44. The van der Waals surface area contributed by atoms with Gasteiger partial charge in [-0.15, -0.1) is 0 Å². The lowest BCUT2D eigenvalue weighted by molar-refractivity contribution is -0.193. The molecule has 0 saturated carbocycles. The van der Waals surface area contributed by atoms with Crippen molar-refractivity contribution in [2.45, 2.75) is 37.3 Å². The van der Waals surface area contributed by atoms with Crippen molar-refractivity contribution in [2.75, 3.05) is 25.5 Å². The number of hydrogen-bond donors (Lipinski definition) is 2. The number of alkyl halides is 6. The van der Waals surface area contributed by atoms with Crippen LogP contribution in [0.4, 0.5) is 36.7 Å². The molecule has 1 aliphatic heterocycles. The van der Waals surface area contributed by atoms with Crippen LogP contribution < -0.4 is 4.90 Å². The molecule has 0 unspecified atom stereocenters. The first-order valence-corrected chi connectivity index (χ1v) is 10.1. The summed E-state index contributed by atoms with van der Waals surface area (Å²) in [6, 6.07) is 11.2. The number of hydrogen-bond acceptors (Lipinski definition) is 6. The van der Waals surface area contributed by atoms with E-state index in [4.69, 9.17) is 19.8 Å². The molecule has 8 nitrogen and oxygen atoms in total. The minimum absolute atomic E-state index is 0.294. The summed E-state index contributed by atoms with van der Waals surface area (Å²) < 4.78 is 76.5.